The van der Waals surface area contributed by atoms with Crippen molar-refractivity contribution in [3.63, 3.8) is 0 Å². The Balaban J connectivity index is 1.54. The number of halogens is 3. The Morgan fingerprint density at radius 2 is 1.92 bits per heavy atom. The van der Waals surface area contributed by atoms with Gasteiger partial charge in [-0.2, -0.15) is 13.2 Å². The Morgan fingerprint density at radius 1 is 1.08 bits per heavy atom. The van der Waals surface area contributed by atoms with Crippen LogP contribution in [0, 0.1) is 0 Å². The van der Waals surface area contributed by atoms with Crippen LogP contribution in [-0.4, -0.2) is 23.1 Å². The zero-order valence-corrected chi connectivity index (χ0v) is 13.3. The molecule has 3 nitrogen and oxygen atoms in total. The second kappa shape index (κ2) is 5.95. The topological polar surface area (TPSA) is 31.9 Å². The fraction of sp³-hybridized carbons (Fsp3) is 0.211. The van der Waals surface area contributed by atoms with Crippen molar-refractivity contribution >= 4 is 22.3 Å². The summed E-state index contributed by atoms with van der Waals surface area (Å²) in [5.74, 6) is 0.572. The number of nitrogens with one attached hydrogen (secondary N) is 1. The van der Waals surface area contributed by atoms with Crippen LogP contribution >= 0.6 is 0 Å². The molecule has 0 aliphatic carbocycles. The van der Waals surface area contributed by atoms with Gasteiger partial charge in [0.2, 0.25) is 0 Å². The standard InChI is InChI=1S/C19H16F3N3/c20-19(21,22)14-5-6-18(24-11-14)25-9-7-13(8-10-25)16-12-23-17-4-2-1-3-15(16)17/h1-7,11-12,23H,8-10H2. The number of aromatic nitrogens is 2. The van der Waals surface area contributed by atoms with Gasteiger partial charge in [0.25, 0.3) is 0 Å². The molecular weight excluding hydrogens is 327 g/mol. The highest BCUT2D eigenvalue weighted by Crippen LogP contribution is 2.32. The van der Waals surface area contributed by atoms with E-state index in [9.17, 15) is 13.2 Å². The molecule has 1 aliphatic rings. The van der Waals surface area contributed by atoms with Crippen LogP contribution in [-0.2, 0) is 6.18 Å². The number of hydrogen-bond donors (Lipinski definition) is 1. The maximum atomic E-state index is 12.6. The Hall–Kier alpha value is -2.76. The van der Waals surface area contributed by atoms with Crippen molar-refractivity contribution in [1.82, 2.24) is 9.97 Å². The molecule has 25 heavy (non-hydrogen) atoms. The van der Waals surface area contributed by atoms with Crippen molar-refractivity contribution in [3.05, 3.63) is 66.0 Å². The smallest absolute Gasteiger partial charge is 0.361 e. The lowest BCUT2D eigenvalue weighted by Gasteiger charge is -2.27. The van der Waals surface area contributed by atoms with Gasteiger partial charge in [0, 0.05) is 41.9 Å². The van der Waals surface area contributed by atoms with Crippen LogP contribution < -0.4 is 4.90 Å². The van der Waals surface area contributed by atoms with Crippen molar-refractivity contribution in [2.45, 2.75) is 12.6 Å². The van der Waals surface area contributed by atoms with E-state index in [-0.39, 0.29) is 0 Å². The molecular formula is C19H16F3N3. The summed E-state index contributed by atoms with van der Waals surface area (Å²) in [4.78, 5) is 9.24. The molecule has 6 heteroatoms. The van der Waals surface area contributed by atoms with Gasteiger partial charge in [-0.3, -0.25) is 0 Å². The Bertz CT molecular complexity index is 923. The van der Waals surface area contributed by atoms with E-state index in [0.29, 0.717) is 12.4 Å². The molecule has 0 fully saturated rings. The van der Waals surface area contributed by atoms with E-state index < -0.39 is 11.7 Å². The predicted octanol–water partition coefficient (Wildman–Crippen LogP) is 4.88. The summed E-state index contributed by atoms with van der Waals surface area (Å²) in [5.41, 5.74) is 2.82. The molecule has 0 saturated carbocycles. The highest BCUT2D eigenvalue weighted by molar-refractivity contribution is 5.93. The monoisotopic (exact) mass is 343 g/mol. The summed E-state index contributed by atoms with van der Waals surface area (Å²) in [7, 11) is 0. The molecule has 128 valence electrons. The molecule has 4 rings (SSSR count). The number of para-hydroxylation sites is 1. The van der Waals surface area contributed by atoms with Gasteiger partial charge in [0.05, 0.1) is 5.56 Å². The average molecular weight is 343 g/mol. The van der Waals surface area contributed by atoms with Crippen LogP contribution in [0.5, 0.6) is 0 Å². The maximum absolute atomic E-state index is 12.6. The van der Waals surface area contributed by atoms with Gasteiger partial charge in [0.1, 0.15) is 5.82 Å². The van der Waals surface area contributed by atoms with Gasteiger partial charge < -0.3 is 9.88 Å². The maximum Gasteiger partial charge on any atom is 0.417 e. The quantitative estimate of drug-likeness (QED) is 0.719. The number of alkyl halides is 3. The van der Waals surface area contributed by atoms with E-state index in [1.54, 1.807) is 0 Å². The number of aromatic amines is 1. The number of fused-ring (bicyclic) bond motifs is 1. The molecule has 0 radical (unpaired) electrons. The van der Waals surface area contributed by atoms with Crippen molar-refractivity contribution in [3.8, 4) is 0 Å². The summed E-state index contributed by atoms with van der Waals surface area (Å²) >= 11 is 0. The molecule has 1 aliphatic heterocycles. The molecule has 3 aromatic rings. The molecule has 0 saturated heterocycles. The van der Waals surface area contributed by atoms with Gasteiger partial charge in [0.15, 0.2) is 0 Å². The Morgan fingerprint density at radius 3 is 2.60 bits per heavy atom. The minimum atomic E-state index is -4.35. The van der Waals surface area contributed by atoms with Gasteiger partial charge in [-0.05, 0) is 30.2 Å². The molecule has 0 bridgehead atoms. The normalized spacial score (nSPS) is 15.5. The number of benzene rings is 1. The van der Waals surface area contributed by atoms with E-state index in [2.05, 4.69) is 22.1 Å². The summed E-state index contributed by atoms with van der Waals surface area (Å²) in [6, 6.07) is 10.7. The number of pyridine rings is 1. The Labute approximate surface area is 142 Å². The zero-order valence-electron chi connectivity index (χ0n) is 13.3. The van der Waals surface area contributed by atoms with Crippen LogP contribution in [0.15, 0.2) is 54.9 Å². The van der Waals surface area contributed by atoms with Crippen molar-refractivity contribution in [2.24, 2.45) is 0 Å². The largest absolute Gasteiger partial charge is 0.417 e. The first-order valence-corrected chi connectivity index (χ1v) is 8.06. The Kier molecular flexibility index (Phi) is 3.75. The molecule has 3 heterocycles. The number of anilines is 1. The average Bonchev–Trinajstić information content (AvgIpc) is 3.05. The number of rotatable bonds is 2. The lowest BCUT2D eigenvalue weighted by Crippen LogP contribution is -2.29. The molecule has 0 amide bonds. The van der Waals surface area contributed by atoms with Gasteiger partial charge in [-0.25, -0.2) is 4.98 Å². The molecule has 0 spiro atoms. The van der Waals surface area contributed by atoms with E-state index >= 15 is 0 Å². The van der Waals surface area contributed by atoms with Crippen molar-refractivity contribution < 1.29 is 13.2 Å². The minimum absolute atomic E-state index is 0.572. The third kappa shape index (κ3) is 2.99. The molecule has 2 aromatic heterocycles. The van der Waals surface area contributed by atoms with Crippen LogP contribution in [0.3, 0.4) is 0 Å². The van der Waals surface area contributed by atoms with E-state index in [4.69, 9.17) is 0 Å². The van der Waals surface area contributed by atoms with Crippen LogP contribution in [0.1, 0.15) is 17.5 Å². The number of hydrogen-bond acceptors (Lipinski definition) is 2. The van der Waals surface area contributed by atoms with Gasteiger partial charge in [-0.15, -0.1) is 0 Å². The van der Waals surface area contributed by atoms with E-state index in [1.165, 1.54) is 22.6 Å². The molecule has 1 N–H and O–H groups in total. The summed E-state index contributed by atoms with van der Waals surface area (Å²) in [5, 5.41) is 1.19. The molecule has 0 unspecified atom stereocenters. The first-order valence-electron chi connectivity index (χ1n) is 8.06. The number of H-pyrrole nitrogens is 1. The van der Waals surface area contributed by atoms with Crippen LogP contribution in [0.4, 0.5) is 19.0 Å². The SMILES string of the molecule is FC(F)(F)c1ccc(N2CC=C(c3c[nH]c4ccccc34)CC2)nc1. The van der Waals surface area contributed by atoms with Crippen molar-refractivity contribution in [2.75, 3.05) is 18.0 Å². The zero-order chi connectivity index (χ0) is 17.4. The van der Waals surface area contributed by atoms with Gasteiger partial charge in [-0.1, -0.05) is 24.3 Å². The second-order valence-electron chi connectivity index (χ2n) is 6.08. The summed E-state index contributed by atoms with van der Waals surface area (Å²) in [6.07, 6.45) is 1.51. The minimum Gasteiger partial charge on any atom is -0.361 e. The van der Waals surface area contributed by atoms with Crippen LogP contribution in [0.2, 0.25) is 0 Å². The van der Waals surface area contributed by atoms with E-state index in [0.717, 1.165) is 30.7 Å². The van der Waals surface area contributed by atoms with Gasteiger partial charge >= 0.3 is 6.18 Å². The van der Waals surface area contributed by atoms with E-state index in [1.807, 2.05) is 29.3 Å². The van der Waals surface area contributed by atoms with Crippen molar-refractivity contribution in [1.29, 1.82) is 0 Å². The third-order valence-electron chi connectivity index (χ3n) is 4.54. The van der Waals surface area contributed by atoms with Crippen LogP contribution in [0.25, 0.3) is 16.5 Å². The fourth-order valence-electron chi connectivity index (χ4n) is 3.20. The third-order valence-corrected chi connectivity index (χ3v) is 4.54. The highest BCUT2D eigenvalue weighted by Gasteiger charge is 2.31. The fourth-order valence-corrected chi connectivity index (χ4v) is 3.20. The lowest BCUT2D eigenvalue weighted by atomic mass is 9.99. The summed E-state index contributed by atoms with van der Waals surface area (Å²) < 4.78 is 37.9. The lowest BCUT2D eigenvalue weighted by molar-refractivity contribution is -0.137. The first kappa shape index (κ1) is 15.7. The summed E-state index contributed by atoms with van der Waals surface area (Å²) in [6.45, 7) is 1.36. The molecule has 1 aromatic carbocycles. The number of nitrogens with zero attached hydrogens (tertiary/aromatic N) is 2. The highest BCUT2D eigenvalue weighted by atomic mass is 19.4. The predicted molar refractivity (Wildman–Crippen MR) is 92.3 cm³/mol. The first-order chi connectivity index (χ1) is 12.0. The second-order valence-corrected chi connectivity index (χ2v) is 6.08. The molecule has 0 atom stereocenters.